The fourth-order valence-corrected chi connectivity index (χ4v) is 3.32. The van der Waals surface area contributed by atoms with Crippen LogP contribution in [-0.4, -0.2) is 30.5 Å². The average molecular weight is 295 g/mol. The van der Waals surface area contributed by atoms with Crippen LogP contribution in [0.1, 0.15) is 13.8 Å². The lowest BCUT2D eigenvalue weighted by Crippen LogP contribution is -2.60. The summed E-state index contributed by atoms with van der Waals surface area (Å²) >= 11 is 1.54. The number of thioether (sulfide) groups is 1. The highest BCUT2D eigenvalue weighted by Gasteiger charge is 2.45. The summed E-state index contributed by atoms with van der Waals surface area (Å²) < 4.78 is 10.2. The second kappa shape index (κ2) is 6.17. The first-order valence-corrected chi connectivity index (χ1v) is 7.17. The minimum Gasteiger partial charge on any atom is -0.497 e. The van der Waals surface area contributed by atoms with Gasteiger partial charge in [0.1, 0.15) is 17.8 Å². The Bertz CT molecular complexity index is 502. The quantitative estimate of drug-likeness (QED) is 0.663. The molecule has 1 aliphatic heterocycles. The topological polar surface area (TPSA) is 64.6 Å². The van der Waals surface area contributed by atoms with Crippen LogP contribution in [0.25, 0.3) is 0 Å². The van der Waals surface area contributed by atoms with E-state index in [2.05, 4.69) is 5.32 Å². The van der Waals surface area contributed by atoms with E-state index < -0.39 is 6.10 Å². The lowest BCUT2D eigenvalue weighted by Gasteiger charge is -2.39. The van der Waals surface area contributed by atoms with E-state index >= 15 is 0 Å². The zero-order chi connectivity index (χ0) is 14.7. The van der Waals surface area contributed by atoms with Gasteiger partial charge in [0.05, 0.1) is 12.5 Å². The summed E-state index contributed by atoms with van der Waals surface area (Å²) in [5.74, 6) is 0.0259. The first-order valence-electron chi connectivity index (χ1n) is 6.29. The summed E-state index contributed by atoms with van der Waals surface area (Å²) in [5.41, 5.74) is 0. The molecule has 0 saturated carbocycles. The number of rotatable bonds is 5. The number of hydrogen-bond donors (Lipinski definition) is 1. The van der Waals surface area contributed by atoms with Crippen LogP contribution in [0.4, 0.5) is 0 Å². The lowest BCUT2D eigenvalue weighted by molar-refractivity contribution is -0.154. The van der Waals surface area contributed by atoms with E-state index in [0.29, 0.717) is 0 Å². The highest BCUT2D eigenvalue weighted by Crippen LogP contribution is 2.35. The smallest absolute Gasteiger partial charge is 0.302 e. The largest absolute Gasteiger partial charge is 0.497 e. The van der Waals surface area contributed by atoms with E-state index in [4.69, 9.17) is 9.47 Å². The molecule has 1 aromatic rings. The Morgan fingerprint density at radius 2 is 2.00 bits per heavy atom. The van der Waals surface area contributed by atoms with Crippen molar-refractivity contribution in [3.63, 3.8) is 0 Å². The van der Waals surface area contributed by atoms with E-state index in [1.807, 2.05) is 24.3 Å². The number of β-lactam (4-membered cyclic amide) rings is 1. The summed E-state index contributed by atoms with van der Waals surface area (Å²) in [6, 6.07) is 7.60. The zero-order valence-electron chi connectivity index (χ0n) is 11.6. The van der Waals surface area contributed by atoms with Crippen molar-refractivity contribution in [2.45, 2.75) is 30.2 Å². The predicted octanol–water partition coefficient (Wildman–Crippen LogP) is 1.81. The molecule has 20 heavy (non-hydrogen) atoms. The monoisotopic (exact) mass is 295 g/mol. The van der Waals surface area contributed by atoms with Crippen LogP contribution in [-0.2, 0) is 14.3 Å². The fraction of sp³-hybridized carbons (Fsp3) is 0.429. The molecule has 1 fully saturated rings. The van der Waals surface area contributed by atoms with Crippen molar-refractivity contribution in [3.05, 3.63) is 24.3 Å². The van der Waals surface area contributed by atoms with Crippen LogP contribution in [0.3, 0.4) is 0 Å². The number of hydrogen-bond acceptors (Lipinski definition) is 5. The molecule has 1 heterocycles. The van der Waals surface area contributed by atoms with E-state index in [0.717, 1.165) is 10.6 Å². The summed E-state index contributed by atoms with van der Waals surface area (Å²) in [6.07, 6.45) is -0.419. The van der Waals surface area contributed by atoms with Crippen LogP contribution in [0.15, 0.2) is 29.2 Å². The molecule has 3 atom stereocenters. The van der Waals surface area contributed by atoms with Gasteiger partial charge in [-0.1, -0.05) is 0 Å². The predicted molar refractivity (Wildman–Crippen MR) is 75.5 cm³/mol. The Balaban J connectivity index is 1.98. The third kappa shape index (κ3) is 3.25. The highest BCUT2D eigenvalue weighted by molar-refractivity contribution is 8.00. The molecule has 1 aromatic carbocycles. The average Bonchev–Trinajstić information content (AvgIpc) is 2.37. The minimum atomic E-state index is -0.419. The van der Waals surface area contributed by atoms with E-state index in [1.165, 1.54) is 18.7 Å². The van der Waals surface area contributed by atoms with Crippen molar-refractivity contribution >= 4 is 23.6 Å². The number of nitrogens with one attached hydrogen (secondary N) is 1. The van der Waals surface area contributed by atoms with E-state index in [9.17, 15) is 9.59 Å². The number of ether oxygens (including phenoxy) is 2. The Morgan fingerprint density at radius 3 is 2.50 bits per heavy atom. The van der Waals surface area contributed by atoms with Crippen molar-refractivity contribution in [1.82, 2.24) is 5.32 Å². The number of carbonyl (C=O) groups excluding carboxylic acids is 2. The Morgan fingerprint density at radius 1 is 1.35 bits per heavy atom. The summed E-state index contributed by atoms with van der Waals surface area (Å²) in [4.78, 5) is 23.6. The minimum absolute atomic E-state index is 0.0785. The van der Waals surface area contributed by atoms with Crippen molar-refractivity contribution in [2.75, 3.05) is 7.11 Å². The molecule has 0 bridgehead atoms. The third-order valence-electron chi connectivity index (χ3n) is 3.09. The van der Waals surface area contributed by atoms with Crippen molar-refractivity contribution in [3.8, 4) is 5.75 Å². The molecular formula is C14H17NO4S. The van der Waals surface area contributed by atoms with Crippen LogP contribution in [0.5, 0.6) is 5.75 Å². The van der Waals surface area contributed by atoms with Crippen LogP contribution in [0.2, 0.25) is 0 Å². The molecule has 5 nitrogen and oxygen atoms in total. The molecule has 0 radical (unpaired) electrons. The van der Waals surface area contributed by atoms with Gasteiger partial charge in [-0.25, -0.2) is 0 Å². The molecule has 0 spiro atoms. The summed E-state index contributed by atoms with van der Waals surface area (Å²) in [6.45, 7) is 3.09. The number of carbonyl (C=O) groups is 2. The molecule has 6 heteroatoms. The van der Waals surface area contributed by atoms with Gasteiger partial charge in [-0.05, 0) is 31.2 Å². The standard InChI is InChI=1S/C14H17NO4S/c1-8(19-9(2)16)12-13(17)15-14(12)20-11-6-4-10(18-3)5-7-11/h4-8,12,14H,1-3H3,(H,15,17)/t8?,12-,14+/m0/s1. The van der Waals surface area contributed by atoms with Gasteiger partial charge in [0.15, 0.2) is 0 Å². The van der Waals surface area contributed by atoms with Gasteiger partial charge in [-0.3, -0.25) is 9.59 Å². The number of esters is 1. The van der Waals surface area contributed by atoms with Gasteiger partial charge in [-0.15, -0.1) is 11.8 Å². The zero-order valence-corrected chi connectivity index (χ0v) is 12.4. The van der Waals surface area contributed by atoms with Gasteiger partial charge >= 0.3 is 5.97 Å². The Labute approximate surface area is 122 Å². The van der Waals surface area contributed by atoms with Gasteiger partial charge in [0.2, 0.25) is 5.91 Å². The normalized spacial score (nSPS) is 22.4. The maximum absolute atomic E-state index is 11.6. The van der Waals surface area contributed by atoms with Gasteiger partial charge in [0, 0.05) is 11.8 Å². The second-order valence-electron chi connectivity index (χ2n) is 4.56. The van der Waals surface area contributed by atoms with Gasteiger partial charge in [0.25, 0.3) is 0 Å². The van der Waals surface area contributed by atoms with Crippen molar-refractivity contribution in [1.29, 1.82) is 0 Å². The van der Waals surface area contributed by atoms with Gasteiger partial charge < -0.3 is 14.8 Å². The number of methoxy groups -OCH3 is 1. The third-order valence-corrected chi connectivity index (χ3v) is 4.30. The molecule has 1 N–H and O–H groups in total. The summed E-state index contributed by atoms with van der Waals surface area (Å²) in [7, 11) is 1.62. The Kier molecular flexibility index (Phi) is 4.54. The molecule has 1 saturated heterocycles. The molecule has 0 aliphatic carbocycles. The maximum Gasteiger partial charge on any atom is 0.302 e. The molecule has 1 amide bonds. The fourth-order valence-electron chi connectivity index (χ4n) is 2.07. The Hall–Kier alpha value is -1.69. The number of benzene rings is 1. The van der Waals surface area contributed by atoms with Crippen molar-refractivity contribution in [2.24, 2.45) is 5.92 Å². The number of amides is 1. The van der Waals surface area contributed by atoms with Crippen LogP contribution in [0, 0.1) is 5.92 Å². The first-order chi connectivity index (χ1) is 9.51. The lowest BCUT2D eigenvalue weighted by atomic mass is 9.96. The van der Waals surface area contributed by atoms with Crippen LogP contribution < -0.4 is 10.1 Å². The first kappa shape index (κ1) is 14.7. The molecule has 108 valence electrons. The van der Waals surface area contributed by atoms with E-state index in [-0.39, 0.29) is 23.2 Å². The van der Waals surface area contributed by atoms with Crippen molar-refractivity contribution < 1.29 is 19.1 Å². The highest BCUT2D eigenvalue weighted by atomic mass is 32.2. The molecule has 1 unspecified atom stereocenters. The SMILES string of the molecule is COc1ccc(S[C@H]2NC(=O)[C@@H]2C(C)OC(C)=O)cc1. The van der Waals surface area contributed by atoms with Crippen LogP contribution >= 0.6 is 11.8 Å². The summed E-state index contributed by atoms with van der Waals surface area (Å²) in [5, 5.41) is 2.75. The van der Waals surface area contributed by atoms with E-state index in [1.54, 1.807) is 14.0 Å². The maximum atomic E-state index is 11.6. The molecular weight excluding hydrogens is 278 g/mol. The molecule has 0 aromatic heterocycles. The molecule has 1 aliphatic rings. The van der Waals surface area contributed by atoms with Gasteiger partial charge in [-0.2, -0.15) is 0 Å². The second-order valence-corrected chi connectivity index (χ2v) is 5.78. The molecule has 2 rings (SSSR count).